The summed E-state index contributed by atoms with van der Waals surface area (Å²) in [5.74, 6) is 0. The van der Waals surface area contributed by atoms with Crippen molar-refractivity contribution in [3.05, 3.63) is 0 Å². The van der Waals surface area contributed by atoms with Gasteiger partial charge in [0.15, 0.2) is 0 Å². The van der Waals surface area contributed by atoms with Crippen LogP contribution >= 0.6 is 11.6 Å². The minimum Gasteiger partial charge on any atom is -0.312 e. The van der Waals surface area contributed by atoms with Crippen LogP contribution in [-0.2, 0) is 0 Å². The highest BCUT2D eigenvalue weighted by atomic mass is 35.5. The van der Waals surface area contributed by atoms with Crippen LogP contribution in [0.3, 0.4) is 0 Å². The third-order valence-corrected chi connectivity index (χ3v) is 0. The van der Waals surface area contributed by atoms with Gasteiger partial charge in [-0.2, -0.15) is 0 Å². The van der Waals surface area contributed by atoms with Gasteiger partial charge < -0.3 is 4.90 Å². The molecule has 2 heteroatoms. The summed E-state index contributed by atoms with van der Waals surface area (Å²) in [6.45, 7) is 3.86. The van der Waals surface area contributed by atoms with Crippen LogP contribution < -0.4 is 0 Å². The van der Waals surface area contributed by atoms with E-state index in [0.29, 0.717) is 5.38 Å². The van der Waals surface area contributed by atoms with Gasteiger partial charge in [-0.15, -0.1) is 11.6 Å². The number of nitrogens with zero attached hydrogens (tertiary/aromatic N) is 1. The summed E-state index contributed by atoms with van der Waals surface area (Å²) in [5.41, 5.74) is 0. The number of hydrogen-bond acceptors (Lipinski definition) is 1. The molecule has 0 spiro atoms. The molecule has 0 radical (unpaired) electrons. The van der Waals surface area contributed by atoms with Crippen molar-refractivity contribution in [2.24, 2.45) is 0 Å². The van der Waals surface area contributed by atoms with Gasteiger partial charge in [0, 0.05) is 5.38 Å². The van der Waals surface area contributed by atoms with Crippen LogP contribution in [0.2, 0.25) is 0 Å². The van der Waals surface area contributed by atoms with Crippen LogP contribution in [0.25, 0.3) is 0 Å². The second-order valence-electron chi connectivity index (χ2n) is 2.36. The largest absolute Gasteiger partial charge is 0.312 e. The summed E-state index contributed by atoms with van der Waals surface area (Å²) in [6, 6.07) is 0. The molecule has 0 aromatic heterocycles. The molecule has 8 heavy (non-hydrogen) atoms. The van der Waals surface area contributed by atoms with Crippen LogP contribution in [0.5, 0.6) is 0 Å². The minimum atomic E-state index is 0.306. The number of halogens is 1. The summed E-state index contributed by atoms with van der Waals surface area (Å²) in [5, 5.41) is 0.306. The third kappa shape index (κ3) is 2760. The van der Waals surface area contributed by atoms with Gasteiger partial charge in [-0.25, -0.2) is 0 Å². The van der Waals surface area contributed by atoms with E-state index in [1.807, 2.05) is 39.9 Å². The van der Waals surface area contributed by atoms with Crippen molar-refractivity contribution >= 4 is 11.6 Å². The van der Waals surface area contributed by atoms with Gasteiger partial charge in [0.1, 0.15) is 0 Å². The van der Waals surface area contributed by atoms with Crippen molar-refractivity contribution in [2.45, 2.75) is 19.2 Å². The Morgan fingerprint density at radius 2 is 1.12 bits per heavy atom. The lowest BCUT2D eigenvalue weighted by Crippen LogP contribution is -1.99. The second kappa shape index (κ2) is 7.25. The molecule has 0 fully saturated rings. The molecule has 1 nitrogen and oxygen atoms in total. The van der Waals surface area contributed by atoms with Crippen LogP contribution in [0.4, 0.5) is 0 Å². The lowest BCUT2D eigenvalue weighted by Gasteiger charge is -1.90. The lowest BCUT2D eigenvalue weighted by atomic mass is 10.6. The molecule has 0 amide bonds. The maximum Gasteiger partial charge on any atom is 0.0279 e. The Bertz CT molecular complexity index is 24.0. The first kappa shape index (κ1) is 11.1. The molecule has 0 N–H and O–H groups in total. The summed E-state index contributed by atoms with van der Waals surface area (Å²) >= 11 is 5.27. The van der Waals surface area contributed by atoms with Crippen molar-refractivity contribution in [1.29, 1.82) is 0 Å². The molecule has 0 saturated heterocycles. The topological polar surface area (TPSA) is 3.24 Å². The predicted octanol–water partition coefficient (Wildman–Crippen LogP) is 1.81. The van der Waals surface area contributed by atoms with E-state index in [0.717, 1.165) is 0 Å². The molecule has 0 bridgehead atoms. The maximum atomic E-state index is 5.27. The zero-order valence-electron chi connectivity index (χ0n) is 6.40. The van der Waals surface area contributed by atoms with Crippen molar-refractivity contribution in [3.63, 3.8) is 0 Å². The fourth-order valence-corrected chi connectivity index (χ4v) is 0. The first-order chi connectivity index (χ1) is 3.46. The third-order valence-electron chi connectivity index (χ3n) is 0. The summed E-state index contributed by atoms with van der Waals surface area (Å²) < 4.78 is 0. The summed E-state index contributed by atoms with van der Waals surface area (Å²) in [7, 11) is 6.00. The highest BCUT2D eigenvalue weighted by Gasteiger charge is 1.71. The fourth-order valence-electron chi connectivity index (χ4n) is 0. The van der Waals surface area contributed by atoms with E-state index in [4.69, 9.17) is 11.6 Å². The second-order valence-corrected chi connectivity index (χ2v) is 3.23. The van der Waals surface area contributed by atoms with Gasteiger partial charge in [-0.3, -0.25) is 0 Å². The lowest BCUT2D eigenvalue weighted by molar-refractivity contribution is 0.505. The quantitative estimate of drug-likeness (QED) is 0.461. The molecule has 0 saturated carbocycles. The Labute approximate surface area is 57.6 Å². The average Bonchev–Trinajstić information content (AvgIpc) is 1.25. The standard InChI is InChI=1S/C3H7Cl.C3H9N/c1-3(2)4;1-4(2)3/h3H,1-2H3;1-3H3. The van der Waals surface area contributed by atoms with Gasteiger partial charge >= 0.3 is 0 Å². The minimum absolute atomic E-state index is 0.306. The molecule has 0 atom stereocenters. The molecular weight excluding hydrogens is 122 g/mol. The maximum absolute atomic E-state index is 5.27. The zero-order valence-corrected chi connectivity index (χ0v) is 7.16. The first-order valence-electron chi connectivity index (χ1n) is 2.71. The van der Waals surface area contributed by atoms with Gasteiger partial charge in [0.05, 0.1) is 0 Å². The SMILES string of the molecule is CC(C)Cl.CN(C)C. The molecule has 52 valence electrons. The van der Waals surface area contributed by atoms with Crippen LogP contribution in [0.15, 0.2) is 0 Å². The number of hydrogen-bond donors (Lipinski definition) is 0. The van der Waals surface area contributed by atoms with Gasteiger partial charge in [0.2, 0.25) is 0 Å². The van der Waals surface area contributed by atoms with E-state index in [1.54, 1.807) is 0 Å². The molecule has 0 rings (SSSR count). The smallest absolute Gasteiger partial charge is 0.0279 e. The monoisotopic (exact) mass is 137 g/mol. The Kier molecular flexibility index (Phi) is 10.1. The first-order valence-corrected chi connectivity index (χ1v) is 3.15. The molecule has 0 unspecified atom stereocenters. The van der Waals surface area contributed by atoms with Gasteiger partial charge in [-0.05, 0) is 35.0 Å². The Morgan fingerprint density at radius 3 is 1.12 bits per heavy atom. The summed E-state index contributed by atoms with van der Waals surface area (Å²) in [4.78, 5) is 2.00. The molecule has 0 aliphatic heterocycles. The van der Waals surface area contributed by atoms with Gasteiger partial charge in [-0.1, -0.05) is 0 Å². The van der Waals surface area contributed by atoms with Crippen LogP contribution in [0.1, 0.15) is 13.8 Å². The highest BCUT2D eigenvalue weighted by Crippen LogP contribution is 1.84. The Balaban J connectivity index is 0. The van der Waals surface area contributed by atoms with Crippen molar-refractivity contribution in [3.8, 4) is 0 Å². The number of alkyl halides is 1. The van der Waals surface area contributed by atoms with E-state index in [9.17, 15) is 0 Å². The van der Waals surface area contributed by atoms with Gasteiger partial charge in [0.25, 0.3) is 0 Å². The van der Waals surface area contributed by atoms with E-state index in [-0.39, 0.29) is 0 Å². The molecule has 0 aromatic carbocycles. The van der Waals surface area contributed by atoms with E-state index in [2.05, 4.69) is 0 Å². The number of rotatable bonds is 0. The summed E-state index contributed by atoms with van der Waals surface area (Å²) in [6.07, 6.45) is 0. The predicted molar refractivity (Wildman–Crippen MR) is 40.6 cm³/mol. The van der Waals surface area contributed by atoms with Crippen molar-refractivity contribution in [1.82, 2.24) is 4.90 Å². The normalized spacial score (nSPS) is 9.00. The highest BCUT2D eigenvalue weighted by molar-refractivity contribution is 6.20. The van der Waals surface area contributed by atoms with E-state index >= 15 is 0 Å². The molecule has 0 aliphatic rings. The van der Waals surface area contributed by atoms with Crippen LogP contribution in [0, 0.1) is 0 Å². The Hall–Kier alpha value is 0.250. The molecule has 0 heterocycles. The van der Waals surface area contributed by atoms with Crippen LogP contribution in [-0.4, -0.2) is 31.4 Å². The van der Waals surface area contributed by atoms with E-state index < -0.39 is 0 Å². The molecule has 0 aromatic rings. The molecular formula is C6H16ClN. The van der Waals surface area contributed by atoms with Crippen molar-refractivity contribution in [2.75, 3.05) is 21.1 Å². The van der Waals surface area contributed by atoms with E-state index in [1.165, 1.54) is 0 Å². The zero-order chi connectivity index (χ0) is 7.15. The Morgan fingerprint density at radius 1 is 1.12 bits per heavy atom. The fraction of sp³-hybridized carbons (Fsp3) is 1.00. The molecule has 0 aliphatic carbocycles. The van der Waals surface area contributed by atoms with Crippen molar-refractivity contribution < 1.29 is 0 Å². The average molecular weight is 138 g/mol.